The molecule has 2 aliphatic rings. The number of halogens is 3. The molecule has 162 valence electrons. The van der Waals surface area contributed by atoms with Gasteiger partial charge in [0, 0.05) is 26.2 Å². The van der Waals surface area contributed by atoms with Crippen molar-refractivity contribution in [1.29, 1.82) is 0 Å². The fourth-order valence-corrected chi connectivity index (χ4v) is 3.88. The van der Waals surface area contributed by atoms with Crippen molar-refractivity contribution in [3.63, 3.8) is 0 Å². The Morgan fingerprint density at radius 2 is 2.00 bits per heavy atom. The molecule has 1 aliphatic carbocycles. The maximum Gasteiger partial charge on any atom is 0.416 e. The molecule has 1 saturated carbocycles. The van der Waals surface area contributed by atoms with E-state index in [1.54, 1.807) is 0 Å². The predicted molar refractivity (Wildman–Crippen MR) is 105 cm³/mol. The van der Waals surface area contributed by atoms with Crippen molar-refractivity contribution >= 4 is 5.82 Å². The lowest BCUT2D eigenvalue weighted by Gasteiger charge is -2.33. The number of hydrogen-bond acceptors (Lipinski definition) is 6. The third-order valence-corrected chi connectivity index (χ3v) is 5.70. The van der Waals surface area contributed by atoms with Crippen molar-refractivity contribution in [3.05, 3.63) is 34.1 Å². The van der Waals surface area contributed by atoms with Gasteiger partial charge in [0.1, 0.15) is 5.75 Å². The Bertz CT molecular complexity index is 987. The number of alkyl halides is 3. The first-order valence-electron chi connectivity index (χ1n) is 10.1. The lowest BCUT2D eigenvalue weighted by atomic mass is 10.1. The largest absolute Gasteiger partial charge is 0.507 e. The van der Waals surface area contributed by atoms with Crippen LogP contribution in [0.5, 0.6) is 5.75 Å². The highest BCUT2D eigenvalue weighted by Gasteiger charge is 2.32. The zero-order valence-corrected chi connectivity index (χ0v) is 16.6. The molecule has 1 aromatic carbocycles. The van der Waals surface area contributed by atoms with E-state index in [0.717, 1.165) is 50.5 Å². The average Bonchev–Trinajstić information content (AvgIpc) is 3.50. The summed E-state index contributed by atoms with van der Waals surface area (Å²) in [5, 5.41) is 21.2. The third-order valence-electron chi connectivity index (χ3n) is 5.70. The van der Waals surface area contributed by atoms with Gasteiger partial charge in [0.15, 0.2) is 5.82 Å². The average molecular weight is 423 g/mol. The Morgan fingerprint density at radius 3 is 2.67 bits per heavy atom. The fourth-order valence-electron chi connectivity index (χ4n) is 3.88. The zero-order valence-electron chi connectivity index (χ0n) is 16.6. The quantitative estimate of drug-likeness (QED) is 0.770. The van der Waals surface area contributed by atoms with Gasteiger partial charge in [-0.1, -0.05) is 0 Å². The van der Waals surface area contributed by atoms with E-state index in [4.69, 9.17) is 0 Å². The summed E-state index contributed by atoms with van der Waals surface area (Å²) in [5.41, 5.74) is -1.42. The van der Waals surface area contributed by atoms with E-state index in [0.29, 0.717) is 6.07 Å². The number of phenols is 1. The summed E-state index contributed by atoms with van der Waals surface area (Å²) in [5.74, 6) is 0.284. The number of rotatable bonds is 5. The standard InChI is InChI=1S/C20H24F3N5O2/c1-27-18(15-7-6-13(9-16(15)29)20(21,22)23)26-25-17(19(27)30)24-14-3-2-8-28(11-14)10-12-4-5-12/h6-7,9,12,14,29H,2-5,8,10-11H2,1H3,(H,24,25)/t14-/m1/s1. The fraction of sp³-hybridized carbons (Fsp3) is 0.550. The van der Waals surface area contributed by atoms with Crippen LogP contribution in [0.15, 0.2) is 23.0 Å². The highest BCUT2D eigenvalue weighted by atomic mass is 19.4. The molecule has 0 spiro atoms. The second-order valence-electron chi connectivity index (χ2n) is 8.15. The molecular weight excluding hydrogens is 399 g/mol. The number of aromatic hydroxyl groups is 1. The Labute approximate surface area is 171 Å². The van der Waals surface area contributed by atoms with Gasteiger partial charge in [-0.25, -0.2) is 0 Å². The molecule has 0 amide bonds. The number of piperidine rings is 1. The summed E-state index contributed by atoms with van der Waals surface area (Å²) in [4.78, 5) is 15.2. The van der Waals surface area contributed by atoms with E-state index in [9.17, 15) is 23.1 Å². The molecule has 30 heavy (non-hydrogen) atoms. The molecule has 10 heteroatoms. The van der Waals surface area contributed by atoms with Crippen LogP contribution in [0.3, 0.4) is 0 Å². The van der Waals surface area contributed by atoms with Crippen molar-refractivity contribution in [1.82, 2.24) is 19.7 Å². The van der Waals surface area contributed by atoms with Crippen LogP contribution in [-0.2, 0) is 13.2 Å². The van der Waals surface area contributed by atoms with Gasteiger partial charge in [-0.3, -0.25) is 9.36 Å². The maximum atomic E-state index is 12.8. The zero-order chi connectivity index (χ0) is 21.5. The number of nitrogens with one attached hydrogen (secondary N) is 1. The molecule has 2 fully saturated rings. The van der Waals surface area contributed by atoms with Gasteiger partial charge in [0.2, 0.25) is 5.82 Å². The van der Waals surface area contributed by atoms with Crippen molar-refractivity contribution in [2.45, 2.75) is 37.9 Å². The summed E-state index contributed by atoms with van der Waals surface area (Å²) in [7, 11) is 1.45. The summed E-state index contributed by atoms with van der Waals surface area (Å²) in [6.45, 7) is 2.99. The molecule has 1 aliphatic heterocycles. The van der Waals surface area contributed by atoms with Crippen LogP contribution >= 0.6 is 0 Å². The molecule has 7 nitrogen and oxygen atoms in total. The molecule has 4 rings (SSSR count). The lowest BCUT2D eigenvalue weighted by molar-refractivity contribution is -0.137. The lowest BCUT2D eigenvalue weighted by Crippen LogP contribution is -2.44. The van der Waals surface area contributed by atoms with Crippen molar-refractivity contribution < 1.29 is 18.3 Å². The van der Waals surface area contributed by atoms with Gasteiger partial charge in [-0.2, -0.15) is 13.2 Å². The van der Waals surface area contributed by atoms with E-state index < -0.39 is 23.0 Å². The molecule has 0 unspecified atom stereocenters. The van der Waals surface area contributed by atoms with Gasteiger partial charge in [-0.15, -0.1) is 10.2 Å². The number of phenolic OH excluding ortho intramolecular Hbond substituents is 1. The normalized spacial score (nSPS) is 20.3. The molecule has 2 aromatic rings. The number of benzene rings is 1. The first-order valence-corrected chi connectivity index (χ1v) is 10.1. The third kappa shape index (κ3) is 4.43. The Hall–Kier alpha value is -2.62. The van der Waals surface area contributed by atoms with E-state index in [1.165, 1.54) is 24.5 Å². The first kappa shape index (κ1) is 20.6. The van der Waals surface area contributed by atoms with E-state index in [-0.39, 0.29) is 23.2 Å². The van der Waals surface area contributed by atoms with Crippen LogP contribution in [-0.4, -0.2) is 50.4 Å². The van der Waals surface area contributed by atoms with Crippen molar-refractivity contribution in [3.8, 4) is 17.1 Å². The number of likely N-dealkylation sites (tertiary alicyclic amines) is 1. The predicted octanol–water partition coefficient (Wildman–Crippen LogP) is 2.85. The molecule has 1 saturated heterocycles. The number of aromatic nitrogens is 3. The SMILES string of the molecule is Cn1c(-c2ccc(C(F)(F)F)cc2O)nnc(N[C@@H]2CCCN(CC3CC3)C2)c1=O. The van der Waals surface area contributed by atoms with Gasteiger partial charge < -0.3 is 15.3 Å². The molecule has 0 radical (unpaired) electrons. The second kappa shape index (κ2) is 7.90. The first-order chi connectivity index (χ1) is 14.2. The van der Waals surface area contributed by atoms with Gasteiger partial charge in [0.05, 0.1) is 11.1 Å². The Kier molecular flexibility index (Phi) is 5.44. The number of nitrogens with zero attached hydrogens (tertiary/aromatic N) is 4. The smallest absolute Gasteiger partial charge is 0.416 e. The number of anilines is 1. The molecule has 2 heterocycles. The van der Waals surface area contributed by atoms with E-state index >= 15 is 0 Å². The maximum absolute atomic E-state index is 12.8. The molecule has 2 N–H and O–H groups in total. The highest BCUT2D eigenvalue weighted by molar-refractivity contribution is 5.65. The van der Waals surface area contributed by atoms with Crippen LogP contribution in [0.4, 0.5) is 19.0 Å². The minimum atomic E-state index is -4.57. The van der Waals surface area contributed by atoms with Crippen LogP contribution in [0.25, 0.3) is 11.4 Å². The van der Waals surface area contributed by atoms with E-state index in [2.05, 4.69) is 20.4 Å². The van der Waals surface area contributed by atoms with Crippen molar-refractivity contribution in [2.24, 2.45) is 13.0 Å². The van der Waals surface area contributed by atoms with Crippen LogP contribution in [0.2, 0.25) is 0 Å². The molecule has 0 bridgehead atoms. The minimum Gasteiger partial charge on any atom is -0.507 e. The number of hydrogen-bond donors (Lipinski definition) is 2. The van der Waals surface area contributed by atoms with Gasteiger partial charge >= 0.3 is 6.18 Å². The molecule has 1 aromatic heterocycles. The van der Waals surface area contributed by atoms with Gasteiger partial charge in [-0.05, 0) is 56.3 Å². The molecule has 1 atom stereocenters. The Morgan fingerprint density at radius 1 is 1.23 bits per heavy atom. The van der Waals surface area contributed by atoms with Crippen LogP contribution in [0.1, 0.15) is 31.2 Å². The monoisotopic (exact) mass is 423 g/mol. The van der Waals surface area contributed by atoms with E-state index in [1.807, 2.05) is 0 Å². The summed E-state index contributed by atoms with van der Waals surface area (Å²) < 4.78 is 39.6. The summed E-state index contributed by atoms with van der Waals surface area (Å²) >= 11 is 0. The summed E-state index contributed by atoms with van der Waals surface area (Å²) in [6.07, 6.45) is -0.0322. The molecular formula is C20H24F3N5O2. The topological polar surface area (TPSA) is 83.3 Å². The second-order valence-corrected chi connectivity index (χ2v) is 8.15. The minimum absolute atomic E-state index is 0.00391. The van der Waals surface area contributed by atoms with Crippen molar-refractivity contribution in [2.75, 3.05) is 25.0 Å². The summed E-state index contributed by atoms with van der Waals surface area (Å²) in [6, 6.07) is 2.63. The Balaban J connectivity index is 1.53. The highest BCUT2D eigenvalue weighted by Crippen LogP contribution is 2.35. The van der Waals surface area contributed by atoms with Gasteiger partial charge in [0.25, 0.3) is 5.56 Å². The van der Waals surface area contributed by atoms with Crippen LogP contribution < -0.4 is 10.9 Å². The van der Waals surface area contributed by atoms with Crippen LogP contribution in [0, 0.1) is 5.92 Å².